The maximum absolute atomic E-state index is 12.0. The zero-order valence-electron chi connectivity index (χ0n) is 14.9. The van der Waals surface area contributed by atoms with Crippen molar-refractivity contribution in [3.8, 4) is 0 Å². The molecule has 0 aliphatic carbocycles. The van der Waals surface area contributed by atoms with Gasteiger partial charge in [-0.2, -0.15) is 0 Å². The molecule has 0 aliphatic heterocycles. The fourth-order valence-corrected chi connectivity index (χ4v) is 2.25. The van der Waals surface area contributed by atoms with Gasteiger partial charge >= 0.3 is 5.97 Å². The predicted molar refractivity (Wildman–Crippen MR) is 98.9 cm³/mol. The molecular formula is C20H22N2O4. The molecule has 0 aromatic heterocycles. The average molecular weight is 354 g/mol. The van der Waals surface area contributed by atoms with Crippen LogP contribution in [0.5, 0.6) is 0 Å². The number of aryl methyl sites for hydroxylation is 2. The molecule has 0 saturated carbocycles. The van der Waals surface area contributed by atoms with Gasteiger partial charge in [-0.1, -0.05) is 35.9 Å². The van der Waals surface area contributed by atoms with Gasteiger partial charge in [0, 0.05) is 17.8 Å². The van der Waals surface area contributed by atoms with Crippen LogP contribution in [-0.4, -0.2) is 30.9 Å². The first kappa shape index (κ1) is 19.2. The molecule has 2 N–H and O–H groups in total. The first-order valence-electron chi connectivity index (χ1n) is 8.31. The summed E-state index contributed by atoms with van der Waals surface area (Å²) in [5.74, 6) is -1.20. The smallest absolute Gasteiger partial charge is 0.308 e. The molecule has 136 valence electrons. The third-order valence-electron chi connectivity index (χ3n) is 3.70. The Morgan fingerprint density at radius 1 is 0.962 bits per heavy atom. The van der Waals surface area contributed by atoms with Crippen LogP contribution in [0.15, 0.2) is 48.5 Å². The highest BCUT2D eigenvalue weighted by atomic mass is 16.5. The van der Waals surface area contributed by atoms with Crippen molar-refractivity contribution in [2.45, 2.75) is 20.3 Å². The van der Waals surface area contributed by atoms with E-state index in [9.17, 15) is 14.4 Å². The maximum Gasteiger partial charge on any atom is 0.308 e. The van der Waals surface area contributed by atoms with E-state index in [1.165, 1.54) is 0 Å². The van der Waals surface area contributed by atoms with Crippen molar-refractivity contribution in [1.82, 2.24) is 5.32 Å². The molecule has 6 nitrogen and oxygen atoms in total. The Labute approximate surface area is 152 Å². The second-order valence-corrected chi connectivity index (χ2v) is 5.90. The number of anilines is 1. The van der Waals surface area contributed by atoms with Gasteiger partial charge in [0.1, 0.15) is 0 Å². The maximum atomic E-state index is 12.0. The predicted octanol–water partition coefficient (Wildman–Crippen LogP) is 2.61. The van der Waals surface area contributed by atoms with Gasteiger partial charge in [0.25, 0.3) is 11.8 Å². The summed E-state index contributed by atoms with van der Waals surface area (Å²) in [4.78, 5) is 35.4. The molecule has 0 aliphatic rings. The zero-order chi connectivity index (χ0) is 18.9. The number of benzene rings is 2. The van der Waals surface area contributed by atoms with Crippen molar-refractivity contribution in [1.29, 1.82) is 0 Å². The molecule has 2 amide bonds. The van der Waals surface area contributed by atoms with Gasteiger partial charge in [0.2, 0.25) is 0 Å². The molecule has 0 atom stereocenters. The number of carbonyl (C=O) groups excluding carboxylic acids is 3. The molecule has 0 spiro atoms. The van der Waals surface area contributed by atoms with E-state index in [0.717, 1.165) is 11.1 Å². The van der Waals surface area contributed by atoms with Crippen molar-refractivity contribution in [2.24, 2.45) is 0 Å². The van der Waals surface area contributed by atoms with E-state index in [2.05, 4.69) is 10.6 Å². The lowest BCUT2D eigenvalue weighted by atomic mass is 10.1. The average Bonchev–Trinajstić information content (AvgIpc) is 2.62. The molecule has 2 aromatic carbocycles. The number of nitrogens with one attached hydrogen (secondary N) is 2. The van der Waals surface area contributed by atoms with E-state index in [-0.39, 0.29) is 25.5 Å². The van der Waals surface area contributed by atoms with Crippen molar-refractivity contribution >= 4 is 23.5 Å². The molecule has 0 heterocycles. The van der Waals surface area contributed by atoms with Gasteiger partial charge in [-0.15, -0.1) is 0 Å². The second kappa shape index (κ2) is 9.36. The van der Waals surface area contributed by atoms with E-state index in [4.69, 9.17) is 4.74 Å². The second-order valence-electron chi connectivity index (χ2n) is 5.90. The fourth-order valence-electron chi connectivity index (χ4n) is 2.25. The van der Waals surface area contributed by atoms with Crippen LogP contribution in [0.1, 0.15) is 27.9 Å². The summed E-state index contributed by atoms with van der Waals surface area (Å²) in [6.45, 7) is 3.57. The van der Waals surface area contributed by atoms with Crippen LogP contribution in [0.3, 0.4) is 0 Å². The lowest BCUT2D eigenvalue weighted by molar-refractivity contribution is -0.147. The van der Waals surface area contributed by atoms with E-state index < -0.39 is 11.9 Å². The van der Waals surface area contributed by atoms with Gasteiger partial charge < -0.3 is 15.4 Å². The topological polar surface area (TPSA) is 84.5 Å². The molecule has 6 heteroatoms. The van der Waals surface area contributed by atoms with Gasteiger partial charge in [0.05, 0.1) is 6.42 Å². The van der Waals surface area contributed by atoms with Crippen LogP contribution in [-0.2, 0) is 14.3 Å². The Balaban J connectivity index is 1.67. The molecular weight excluding hydrogens is 332 g/mol. The van der Waals surface area contributed by atoms with Gasteiger partial charge in [-0.25, -0.2) is 0 Å². The lowest BCUT2D eigenvalue weighted by Gasteiger charge is -2.08. The minimum Gasteiger partial charge on any atom is -0.456 e. The molecule has 0 radical (unpaired) electrons. The van der Waals surface area contributed by atoms with Crippen LogP contribution < -0.4 is 10.6 Å². The highest BCUT2D eigenvalue weighted by Crippen LogP contribution is 2.08. The Bertz CT molecular complexity index is 785. The van der Waals surface area contributed by atoms with Crippen LogP contribution in [0.2, 0.25) is 0 Å². The minimum absolute atomic E-state index is 0.00453. The summed E-state index contributed by atoms with van der Waals surface area (Å²) in [6.07, 6.45) is -0.00453. The standard InChI is InChI=1S/C20H22N2O4/c1-14-7-9-16(10-8-14)22-18(23)13-26-19(24)11-12-21-20(25)17-6-4-3-5-15(17)2/h3-10H,11-13H2,1-2H3,(H,21,25)(H,22,23). The minimum atomic E-state index is -0.547. The van der Waals surface area contributed by atoms with E-state index in [1.807, 2.05) is 38.1 Å². The number of rotatable bonds is 7. The Morgan fingerprint density at radius 2 is 1.65 bits per heavy atom. The number of esters is 1. The van der Waals surface area contributed by atoms with Crippen molar-refractivity contribution in [3.05, 3.63) is 65.2 Å². The number of carbonyl (C=O) groups is 3. The van der Waals surface area contributed by atoms with Gasteiger partial charge in [-0.05, 0) is 37.6 Å². The molecule has 2 rings (SSSR count). The zero-order valence-corrected chi connectivity index (χ0v) is 14.9. The summed E-state index contributed by atoms with van der Waals surface area (Å²) in [5.41, 5.74) is 3.16. The third-order valence-corrected chi connectivity index (χ3v) is 3.70. The SMILES string of the molecule is Cc1ccc(NC(=O)COC(=O)CCNC(=O)c2ccccc2C)cc1. The van der Waals surface area contributed by atoms with E-state index >= 15 is 0 Å². The molecule has 0 fully saturated rings. The van der Waals surface area contributed by atoms with Crippen LogP contribution in [0.4, 0.5) is 5.69 Å². The quantitative estimate of drug-likeness (QED) is 0.749. The largest absolute Gasteiger partial charge is 0.456 e. The molecule has 0 bridgehead atoms. The molecule has 0 unspecified atom stereocenters. The number of amides is 2. The third kappa shape index (κ3) is 6.05. The molecule has 0 saturated heterocycles. The van der Waals surface area contributed by atoms with Crippen LogP contribution >= 0.6 is 0 Å². The number of ether oxygens (including phenoxy) is 1. The van der Waals surface area contributed by atoms with Crippen molar-refractivity contribution in [3.63, 3.8) is 0 Å². The summed E-state index contributed by atoms with van der Waals surface area (Å²) >= 11 is 0. The molecule has 2 aromatic rings. The molecule has 26 heavy (non-hydrogen) atoms. The monoisotopic (exact) mass is 354 g/mol. The highest BCUT2D eigenvalue weighted by Gasteiger charge is 2.11. The van der Waals surface area contributed by atoms with Gasteiger partial charge in [-0.3, -0.25) is 14.4 Å². The van der Waals surface area contributed by atoms with Crippen LogP contribution in [0, 0.1) is 13.8 Å². The number of hydrogen-bond acceptors (Lipinski definition) is 4. The Hall–Kier alpha value is -3.15. The van der Waals surface area contributed by atoms with Crippen molar-refractivity contribution in [2.75, 3.05) is 18.5 Å². The fraction of sp³-hybridized carbons (Fsp3) is 0.250. The number of hydrogen-bond donors (Lipinski definition) is 2. The van der Waals surface area contributed by atoms with Crippen LogP contribution in [0.25, 0.3) is 0 Å². The van der Waals surface area contributed by atoms with Crippen molar-refractivity contribution < 1.29 is 19.1 Å². The van der Waals surface area contributed by atoms with E-state index in [1.54, 1.807) is 24.3 Å². The Morgan fingerprint density at radius 3 is 2.35 bits per heavy atom. The summed E-state index contributed by atoms with van der Waals surface area (Å²) in [7, 11) is 0. The van der Waals surface area contributed by atoms with E-state index in [0.29, 0.717) is 11.3 Å². The first-order chi connectivity index (χ1) is 12.5. The summed E-state index contributed by atoms with van der Waals surface area (Å²) in [6, 6.07) is 14.5. The first-order valence-corrected chi connectivity index (χ1v) is 8.31. The summed E-state index contributed by atoms with van der Waals surface area (Å²) < 4.78 is 4.91. The van der Waals surface area contributed by atoms with Gasteiger partial charge in [0.15, 0.2) is 6.61 Å². The Kier molecular flexibility index (Phi) is 6.91. The normalized spacial score (nSPS) is 10.1. The summed E-state index contributed by atoms with van der Waals surface area (Å²) in [5, 5.41) is 5.30. The highest BCUT2D eigenvalue weighted by molar-refractivity contribution is 5.96. The lowest BCUT2D eigenvalue weighted by Crippen LogP contribution is -2.28.